The average molecular weight is 413 g/mol. The van der Waals surface area contributed by atoms with E-state index in [-0.39, 0.29) is 0 Å². The quantitative estimate of drug-likeness (QED) is 0.810. The van der Waals surface area contributed by atoms with Crippen LogP contribution in [0, 0.1) is 6.92 Å². The number of benzene rings is 1. The van der Waals surface area contributed by atoms with E-state index in [4.69, 9.17) is 14.5 Å². The van der Waals surface area contributed by atoms with Crippen LogP contribution in [0.2, 0.25) is 0 Å². The Kier molecular flexibility index (Phi) is 6.39. The van der Waals surface area contributed by atoms with Crippen LogP contribution in [-0.4, -0.2) is 65.9 Å². The summed E-state index contributed by atoms with van der Waals surface area (Å²) in [5.74, 6) is 3.72. The predicted octanol–water partition coefficient (Wildman–Crippen LogP) is 2.93. The van der Waals surface area contributed by atoms with Crippen LogP contribution in [0.1, 0.15) is 49.4 Å². The summed E-state index contributed by atoms with van der Waals surface area (Å²) in [4.78, 5) is 13.9. The Morgan fingerprint density at radius 2 is 1.73 bits per heavy atom. The van der Waals surface area contributed by atoms with Gasteiger partial charge < -0.3 is 19.5 Å². The lowest BCUT2D eigenvalue weighted by Crippen LogP contribution is -2.48. The van der Waals surface area contributed by atoms with Crippen molar-refractivity contribution in [2.75, 3.05) is 50.8 Å². The standard InChI is InChI=1S/C23H32N4O3/c1-16(2)23-24-17(3)13-22(25-23)27-9-7-26(8-10-27)15-19(28)18-5-6-20-21(14-18)30-12-4-11-29-20/h5-6,13-14,16,19,28H,4,7-12,15H2,1-3H3. The molecule has 0 aliphatic carbocycles. The van der Waals surface area contributed by atoms with E-state index in [1.165, 1.54) is 0 Å². The smallest absolute Gasteiger partial charge is 0.161 e. The highest BCUT2D eigenvalue weighted by Crippen LogP contribution is 2.32. The zero-order valence-corrected chi connectivity index (χ0v) is 18.2. The fourth-order valence-corrected chi connectivity index (χ4v) is 3.89. The summed E-state index contributed by atoms with van der Waals surface area (Å²) in [6.07, 6.45) is 0.323. The summed E-state index contributed by atoms with van der Waals surface area (Å²) >= 11 is 0. The molecule has 7 heteroatoms. The van der Waals surface area contributed by atoms with Crippen LogP contribution >= 0.6 is 0 Å². The van der Waals surface area contributed by atoms with Gasteiger partial charge in [-0.3, -0.25) is 4.90 Å². The zero-order valence-electron chi connectivity index (χ0n) is 18.2. The lowest BCUT2D eigenvalue weighted by Gasteiger charge is -2.36. The van der Waals surface area contributed by atoms with Gasteiger partial charge in [0.25, 0.3) is 0 Å². The molecule has 0 radical (unpaired) electrons. The molecule has 1 fully saturated rings. The highest BCUT2D eigenvalue weighted by atomic mass is 16.5. The van der Waals surface area contributed by atoms with Crippen LogP contribution in [0.3, 0.4) is 0 Å². The Labute approximate surface area is 178 Å². The van der Waals surface area contributed by atoms with Gasteiger partial charge in [-0.2, -0.15) is 0 Å². The number of hydrogen-bond donors (Lipinski definition) is 1. The summed E-state index contributed by atoms with van der Waals surface area (Å²) in [5, 5.41) is 10.8. The maximum atomic E-state index is 10.8. The summed E-state index contributed by atoms with van der Waals surface area (Å²) in [6, 6.07) is 7.82. The third-order valence-electron chi connectivity index (χ3n) is 5.66. The first kappa shape index (κ1) is 20.9. The number of hydrogen-bond acceptors (Lipinski definition) is 7. The minimum absolute atomic E-state index is 0.315. The van der Waals surface area contributed by atoms with E-state index in [2.05, 4.69) is 34.7 Å². The van der Waals surface area contributed by atoms with Crippen molar-refractivity contribution >= 4 is 5.82 Å². The molecule has 2 aromatic rings. The number of piperazine rings is 1. The molecule has 0 saturated carbocycles. The molecule has 1 N–H and O–H groups in total. The average Bonchev–Trinajstić information content (AvgIpc) is 2.98. The maximum absolute atomic E-state index is 10.8. The first-order valence-corrected chi connectivity index (χ1v) is 10.9. The number of ether oxygens (including phenoxy) is 2. The zero-order chi connectivity index (χ0) is 21.1. The van der Waals surface area contributed by atoms with E-state index in [1.54, 1.807) is 0 Å². The van der Waals surface area contributed by atoms with E-state index >= 15 is 0 Å². The van der Waals surface area contributed by atoms with Crippen molar-refractivity contribution in [3.05, 3.63) is 41.3 Å². The van der Waals surface area contributed by atoms with Crippen LogP contribution in [0.25, 0.3) is 0 Å². The van der Waals surface area contributed by atoms with Crippen molar-refractivity contribution in [3.8, 4) is 11.5 Å². The fraction of sp³-hybridized carbons (Fsp3) is 0.565. The lowest BCUT2D eigenvalue weighted by molar-refractivity contribution is 0.109. The van der Waals surface area contributed by atoms with Gasteiger partial charge in [0.05, 0.1) is 19.3 Å². The molecule has 0 bridgehead atoms. The molecular weight excluding hydrogens is 380 g/mol. The lowest BCUT2D eigenvalue weighted by atomic mass is 10.1. The highest BCUT2D eigenvalue weighted by Gasteiger charge is 2.22. The second kappa shape index (κ2) is 9.18. The summed E-state index contributed by atoms with van der Waals surface area (Å²) < 4.78 is 11.4. The van der Waals surface area contributed by atoms with Gasteiger partial charge in [0.1, 0.15) is 11.6 Å². The number of anilines is 1. The van der Waals surface area contributed by atoms with Gasteiger partial charge >= 0.3 is 0 Å². The molecule has 7 nitrogen and oxygen atoms in total. The number of aliphatic hydroxyl groups is 1. The van der Waals surface area contributed by atoms with Crippen molar-refractivity contribution in [1.82, 2.24) is 14.9 Å². The van der Waals surface area contributed by atoms with E-state index in [0.717, 1.165) is 67.0 Å². The summed E-state index contributed by atoms with van der Waals surface area (Å²) in [6.45, 7) is 11.8. The van der Waals surface area contributed by atoms with Gasteiger partial charge in [0, 0.05) is 56.8 Å². The van der Waals surface area contributed by atoms with E-state index in [1.807, 2.05) is 25.1 Å². The second-order valence-electron chi connectivity index (χ2n) is 8.44. The number of aromatic nitrogens is 2. The minimum Gasteiger partial charge on any atom is -0.490 e. The Balaban J connectivity index is 1.35. The van der Waals surface area contributed by atoms with Crippen LogP contribution in [0.5, 0.6) is 11.5 Å². The monoisotopic (exact) mass is 412 g/mol. The molecule has 0 amide bonds. The van der Waals surface area contributed by atoms with Gasteiger partial charge in [-0.15, -0.1) is 0 Å². The molecule has 3 heterocycles. The predicted molar refractivity (Wildman–Crippen MR) is 117 cm³/mol. The molecule has 1 saturated heterocycles. The molecule has 1 aromatic heterocycles. The van der Waals surface area contributed by atoms with E-state index in [0.29, 0.717) is 25.7 Å². The normalized spacial score (nSPS) is 18.4. The third kappa shape index (κ3) is 4.84. The molecule has 4 rings (SSSR count). The molecule has 2 aliphatic rings. The fourth-order valence-electron chi connectivity index (χ4n) is 3.89. The van der Waals surface area contributed by atoms with Crippen molar-refractivity contribution in [3.63, 3.8) is 0 Å². The molecule has 1 unspecified atom stereocenters. The molecule has 2 aliphatic heterocycles. The minimum atomic E-state index is -0.553. The molecule has 1 atom stereocenters. The van der Waals surface area contributed by atoms with Gasteiger partial charge in [0.2, 0.25) is 0 Å². The Morgan fingerprint density at radius 3 is 2.47 bits per heavy atom. The van der Waals surface area contributed by atoms with Crippen LogP contribution in [-0.2, 0) is 0 Å². The number of aliphatic hydroxyl groups excluding tert-OH is 1. The first-order valence-electron chi connectivity index (χ1n) is 10.9. The van der Waals surface area contributed by atoms with Crippen LogP contribution in [0.4, 0.5) is 5.82 Å². The largest absolute Gasteiger partial charge is 0.490 e. The Bertz CT molecular complexity index is 866. The van der Waals surface area contributed by atoms with E-state index in [9.17, 15) is 5.11 Å². The number of nitrogens with zero attached hydrogens (tertiary/aromatic N) is 4. The SMILES string of the molecule is Cc1cc(N2CCN(CC(O)c3ccc4c(c3)OCCCO4)CC2)nc(C(C)C)n1. The van der Waals surface area contributed by atoms with Crippen LogP contribution in [0.15, 0.2) is 24.3 Å². The molecule has 162 valence electrons. The van der Waals surface area contributed by atoms with Crippen molar-refractivity contribution in [2.24, 2.45) is 0 Å². The third-order valence-corrected chi connectivity index (χ3v) is 5.66. The Hall–Kier alpha value is -2.38. The van der Waals surface area contributed by atoms with Crippen molar-refractivity contribution in [2.45, 2.75) is 39.2 Å². The topological polar surface area (TPSA) is 71.0 Å². The van der Waals surface area contributed by atoms with Crippen LogP contribution < -0.4 is 14.4 Å². The molecule has 1 aromatic carbocycles. The number of fused-ring (bicyclic) bond motifs is 1. The Morgan fingerprint density at radius 1 is 1.00 bits per heavy atom. The molecular formula is C23H32N4O3. The van der Waals surface area contributed by atoms with Gasteiger partial charge in [-0.25, -0.2) is 9.97 Å². The number of β-amino-alcohol motifs (C(OH)–C–C–N with tert-alkyl or cyclic N) is 1. The summed E-state index contributed by atoms with van der Waals surface area (Å²) in [5.41, 5.74) is 1.88. The number of rotatable bonds is 5. The second-order valence-corrected chi connectivity index (χ2v) is 8.44. The maximum Gasteiger partial charge on any atom is 0.161 e. The van der Waals surface area contributed by atoms with Gasteiger partial charge in [-0.05, 0) is 24.6 Å². The van der Waals surface area contributed by atoms with Crippen molar-refractivity contribution < 1.29 is 14.6 Å². The van der Waals surface area contributed by atoms with Gasteiger partial charge in [0.15, 0.2) is 11.5 Å². The molecule has 0 spiro atoms. The molecule has 30 heavy (non-hydrogen) atoms. The summed E-state index contributed by atoms with van der Waals surface area (Å²) in [7, 11) is 0. The highest BCUT2D eigenvalue weighted by molar-refractivity contribution is 5.44. The van der Waals surface area contributed by atoms with Crippen molar-refractivity contribution in [1.29, 1.82) is 0 Å². The first-order chi connectivity index (χ1) is 14.5. The van der Waals surface area contributed by atoms with E-state index < -0.39 is 6.10 Å². The van der Waals surface area contributed by atoms with Gasteiger partial charge in [-0.1, -0.05) is 19.9 Å². The number of aryl methyl sites for hydroxylation is 1.